The van der Waals surface area contributed by atoms with Crippen LogP contribution in [-0.4, -0.2) is 19.2 Å². The summed E-state index contributed by atoms with van der Waals surface area (Å²) in [6.45, 7) is 5.11. The molecule has 1 aromatic carbocycles. The maximum atomic E-state index is 11.4. The molecule has 1 aromatic rings. The Bertz CT molecular complexity index is 418. The zero-order valence-corrected chi connectivity index (χ0v) is 13.0. The summed E-state index contributed by atoms with van der Waals surface area (Å²) in [6, 6.07) is 5.51. The Kier molecular flexibility index (Phi) is 8.12. The minimum atomic E-state index is -0.141. The maximum Gasteiger partial charge on any atom is 0.305 e. The van der Waals surface area contributed by atoms with E-state index >= 15 is 0 Å². The molecule has 0 saturated heterocycles. The van der Waals surface area contributed by atoms with Gasteiger partial charge in [-0.2, -0.15) is 0 Å². The Balaban J connectivity index is 2.13. The number of halogens is 1. The van der Waals surface area contributed by atoms with Gasteiger partial charge in [-0.1, -0.05) is 31.4 Å². The molecule has 0 bridgehead atoms. The van der Waals surface area contributed by atoms with E-state index in [-0.39, 0.29) is 5.97 Å². The number of ether oxygens (including phenoxy) is 2. The fraction of sp³-hybridized carbons (Fsp3) is 0.562. The third-order valence-corrected chi connectivity index (χ3v) is 3.17. The monoisotopic (exact) mass is 298 g/mol. The Morgan fingerprint density at radius 1 is 1.20 bits per heavy atom. The van der Waals surface area contributed by atoms with Gasteiger partial charge in [-0.3, -0.25) is 4.79 Å². The third kappa shape index (κ3) is 6.80. The molecule has 0 radical (unpaired) electrons. The Morgan fingerprint density at radius 3 is 2.70 bits per heavy atom. The van der Waals surface area contributed by atoms with E-state index in [1.807, 2.05) is 19.1 Å². The van der Waals surface area contributed by atoms with Crippen LogP contribution >= 0.6 is 11.6 Å². The first kappa shape index (κ1) is 16.8. The van der Waals surface area contributed by atoms with E-state index in [1.165, 1.54) is 0 Å². The normalized spacial score (nSPS) is 10.3. The molecule has 0 aliphatic carbocycles. The van der Waals surface area contributed by atoms with Crippen LogP contribution in [0.1, 0.15) is 44.6 Å². The quantitative estimate of drug-likeness (QED) is 0.496. The molecule has 1 rings (SSSR count). The Morgan fingerprint density at radius 2 is 2.00 bits per heavy atom. The van der Waals surface area contributed by atoms with Crippen molar-refractivity contribution >= 4 is 17.6 Å². The second-order valence-electron chi connectivity index (χ2n) is 4.79. The highest BCUT2D eigenvalue weighted by molar-refractivity contribution is 6.30. The minimum absolute atomic E-state index is 0.141. The van der Waals surface area contributed by atoms with Crippen molar-refractivity contribution in [2.24, 2.45) is 0 Å². The topological polar surface area (TPSA) is 35.5 Å². The van der Waals surface area contributed by atoms with Gasteiger partial charge in [0.2, 0.25) is 0 Å². The molecule has 0 amide bonds. The fourth-order valence-corrected chi connectivity index (χ4v) is 2.01. The van der Waals surface area contributed by atoms with Crippen LogP contribution < -0.4 is 4.74 Å². The summed E-state index contributed by atoms with van der Waals surface area (Å²) in [5.41, 5.74) is 1.000. The molecule has 0 fully saturated rings. The van der Waals surface area contributed by atoms with Crippen molar-refractivity contribution in [2.45, 2.75) is 46.0 Å². The van der Waals surface area contributed by atoms with Crippen LogP contribution in [-0.2, 0) is 9.53 Å². The minimum Gasteiger partial charge on any atom is -0.493 e. The lowest BCUT2D eigenvalue weighted by Crippen LogP contribution is -2.08. The van der Waals surface area contributed by atoms with Gasteiger partial charge in [-0.25, -0.2) is 0 Å². The van der Waals surface area contributed by atoms with Gasteiger partial charge in [-0.15, -0.1) is 0 Å². The van der Waals surface area contributed by atoms with Crippen molar-refractivity contribution in [3.05, 3.63) is 28.8 Å². The summed E-state index contributed by atoms with van der Waals surface area (Å²) >= 11 is 5.87. The van der Waals surface area contributed by atoms with Crippen LogP contribution in [0.15, 0.2) is 18.2 Å². The molecule has 0 aliphatic heterocycles. The molecule has 0 saturated carbocycles. The fourth-order valence-electron chi connectivity index (χ4n) is 1.78. The second kappa shape index (κ2) is 9.65. The van der Waals surface area contributed by atoms with Gasteiger partial charge in [0, 0.05) is 11.4 Å². The van der Waals surface area contributed by atoms with Crippen LogP contribution in [0.3, 0.4) is 0 Å². The zero-order valence-electron chi connectivity index (χ0n) is 12.3. The highest BCUT2D eigenvalue weighted by Gasteiger charge is 2.04. The number of carbonyl (C=O) groups excluding carboxylic acids is 1. The van der Waals surface area contributed by atoms with Crippen molar-refractivity contribution in [2.75, 3.05) is 13.2 Å². The molecule has 0 heterocycles. The average molecular weight is 299 g/mol. The molecule has 112 valence electrons. The van der Waals surface area contributed by atoms with Crippen molar-refractivity contribution < 1.29 is 14.3 Å². The number of hydrogen-bond acceptors (Lipinski definition) is 3. The van der Waals surface area contributed by atoms with Crippen LogP contribution in [0.4, 0.5) is 0 Å². The highest BCUT2D eigenvalue weighted by atomic mass is 35.5. The number of benzene rings is 1. The largest absolute Gasteiger partial charge is 0.493 e. The number of esters is 1. The van der Waals surface area contributed by atoms with Crippen LogP contribution in [0.2, 0.25) is 5.02 Å². The van der Waals surface area contributed by atoms with Crippen molar-refractivity contribution in [3.8, 4) is 5.75 Å². The Labute approximate surface area is 126 Å². The molecule has 0 N–H and O–H groups in total. The number of carbonyl (C=O) groups is 1. The van der Waals surface area contributed by atoms with E-state index in [9.17, 15) is 4.79 Å². The summed E-state index contributed by atoms with van der Waals surface area (Å²) in [7, 11) is 0. The molecular formula is C16H23ClO3. The summed E-state index contributed by atoms with van der Waals surface area (Å²) in [5, 5.41) is 0.700. The van der Waals surface area contributed by atoms with E-state index < -0.39 is 0 Å². The van der Waals surface area contributed by atoms with Gasteiger partial charge in [-0.05, 0) is 43.5 Å². The predicted molar refractivity (Wildman–Crippen MR) is 81.4 cm³/mol. The lowest BCUT2D eigenvalue weighted by atomic mass is 10.2. The van der Waals surface area contributed by atoms with Crippen LogP contribution in [0.25, 0.3) is 0 Å². The van der Waals surface area contributed by atoms with Gasteiger partial charge >= 0.3 is 5.97 Å². The molecule has 20 heavy (non-hydrogen) atoms. The average Bonchev–Trinajstić information content (AvgIpc) is 2.41. The van der Waals surface area contributed by atoms with Crippen molar-refractivity contribution in [1.82, 2.24) is 0 Å². The summed E-state index contributed by atoms with van der Waals surface area (Å²) in [4.78, 5) is 11.4. The zero-order chi connectivity index (χ0) is 14.8. The Hall–Kier alpha value is -1.22. The molecule has 4 heteroatoms. The smallest absolute Gasteiger partial charge is 0.305 e. The molecule has 0 unspecified atom stereocenters. The first-order valence-corrected chi connectivity index (χ1v) is 7.56. The SMILES string of the molecule is CCCCCOC(=O)CCCOc1ccc(Cl)cc1C. The molecule has 0 aromatic heterocycles. The molecule has 0 spiro atoms. The van der Waals surface area contributed by atoms with Gasteiger partial charge in [0.05, 0.1) is 13.2 Å². The van der Waals surface area contributed by atoms with Gasteiger partial charge in [0.25, 0.3) is 0 Å². The maximum absolute atomic E-state index is 11.4. The number of rotatable bonds is 9. The molecular weight excluding hydrogens is 276 g/mol. The number of hydrogen-bond donors (Lipinski definition) is 0. The van der Waals surface area contributed by atoms with Crippen LogP contribution in [0.5, 0.6) is 5.75 Å². The van der Waals surface area contributed by atoms with E-state index in [4.69, 9.17) is 21.1 Å². The summed E-state index contributed by atoms with van der Waals surface area (Å²) in [6.07, 6.45) is 4.24. The number of aryl methyl sites for hydroxylation is 1. The van der Waals surface area contributed by atoms with Gasteiger partial charge in [0.1, 0.15) is 5.75 Å². The van der Waals surface area contributed by atoms with E-state index in [2.05, 4.69) is 6.92 Å². The summed E-state index contributed by atoms with van der Waals surface area (Å²) in [5.74, 6) is 0.670. The molecule has 0 atom stereocenters. The van der Waals surface area contributed by atoms with Gasteiger partial charge < -0.3 is 9.47 Å². The standard InChI is InChI=1S/C16H23ClO3/c1-3-4-5-10-20-16(18)7-6-11-19-15-9-8-14(17)12-13(15)2/h8-9,12H,3-7,10-11H2,1-2H3. The van der Waals surface area contributed by atoms with Crippen LogP contribution in [0, 0.1) is 6.92 Å². The third-order valence-electron chi connectivity index (χ3n) is 2.93. The van der Waals surface area contributed by atoms with E-state index in [0.717, 1.165) is 30.6 Å². The van der Waals surface area contributed by atoms with E-state index in [0.29, 0.717) is 31.1 Å². The van der Waals surface area contributed by atoms with Crippen molar-refractivity contribution in [3.63, 3.8) is 0 Å². The first-order valence-electron chi connectivity index (χ1n) is 7.18. The van der Waals surface area contributed by atoms with Crippen molar-refractivity contribution in [1.29, 1.82) is 0 Å². The van der Waals surface area contributed by atoms with Gasteiger partial charge in [0.15, 0.2) is 0 Å². The predicted octanol–water partition coefficient (Wildman–Crippen LogP) is 4.54. The lowest BCUT2D eigenvalue weighted by molar-refractivity contribution is -0.144. The first-order chi connectivity index (χ1) is 9.63. The summed E-state index contributed by atoms with van der Waals surface area (Å²) < 4.78 is 10.7. The van der Waals surface area contributed by atoms with E-state index in [1.54, 1.807) is 6.07 Å². The molecule has 3 nitrogen and oxygen atoms in total. The lowest BCUT2D eigenvalue weighted by Gasteiger charge is -2.09. The number of unbranched alkanes of at least 4 members (excludes halogenated alkanes) is 2. The highest BCUT2D eigenvalue weighted by Crippen LogP contribution is 2.21. The second-order valence-corrected chi connectivity index (χ2v) is 5.23. The molecule has 0 aliphatic rings.